The van der Waals surface area contributed by atoms with E-state index in [1.165, 1.54) is 18.9 Å². The molecule has 0 amide bonds. The van der Waals surface area contributed by atoms with E-state index in [-0.39, 0.29) is 6.01 Å². The molecule has 1 aliphatic heterocycles. The van der Waals surface area contributed by atoms with Crippen molar-refractivity contribution >= 4 is 17.6 Å². The van der Waals surface area contributed by atoms with Crippen LogP contribution in [0.3, 0.4) is 0 Å². The first-order valence-electron chi connectivity index (χ1n) is 13.9. The van der Waals surface area contributed by atoms with Crippen LogP contribution in [0.1, 0.15) is 42.6 Å². The van der Waals surface area contributed by atoms with Crippen molar-refractivity contribution in [1.29, 1.82) is 0 Å². The van der Waals surface area contributed by atoms with Gasteiger partial charge in [0.25, 0.3) is 0 Å². The predicted octanol–water partition coefficient (Wildman–Crippen LogP) is 3.60. The number of aryl methyl sites for hydroxylation is 3. The summed E-state index contributed by atoms with van der Waals surface area (Å²) >= 11 is 0. The Hall–Kier alpha value is -3.99. The number of methoxy groups -OCH3 is 1. The molecule has 0 bridgehead atoms. The van der Waals surface area contributed by atoms with E-state index in [1.807, 2.05) is 19.1 Å². The third-order valence-corrected chi connectivity index (χ3v) is 6.90. The summed E-state index contributed by atoms with van der Waals surface area (Å²) in [7, 11) is 1.47. The Morgan fingerprint density at radius 1 is 1.12 bits per heavy atom. The number of aromatic nitrogens is 4. The van der Waals surface area contributed by atoms with Gasteiger partial charge >= 0.3 is 12.0 Å². The molecule has 0 saturated heterocycles. The maximum atomic E-state index is 12.0. The van der Waals surface area contributed by atoms with Crippen molar-refractivity contribution in [3.8, 4) is 11.8 Å². The number of nitrogens with one attached hydrogen (secondary N) is 2. The van der Waals surface area contributed by atoms with E-state index in [0.29, 0.717) is 31.9 Å². The molecule has 3 aromatic rings. The van der Waals surface area contributed by atoms with Gasteiger partial charge in [-0.2, -0.15) is 4.98 Å². The first kappa shape index (κ1) is 29.0. The second-order valence-corrected chi connectivity index (χ2v) is 9.83. The van der Waals surface area contributed by atoms with Crippen molar-refractivity contribution in [2.75, 3.05) is 50.5 Å². The van der Waals surface area contributed by atoms with Crippen LogP contribution in [0.15, 0.2) is 42.7 Å². The predicted molar refractivity (Wildman–Crippen MR) is 153 cm³/mol. The van der Waals surface area contributed by atoms with Crippen molar-refractivity contribution in [1.82, 2.24) is 24.8 Å². The van der Waals surface area contributed by atoms with Gasteiger partial charge in [-0.15, -0.1) is 0 Å². The van der Waals surface area contributed by atoms with Crippen molar-refractivity contribution in [3.63, 3.8) is 0 Å². The molecule has 1 atom stereocenters. The Morgan fingerprint density at radius 3 is 2.85 bits per heavy atom. The van der Waals surface area contributed by atoms with E-state index >= 15 is 0 Å². The molecule has 11 heteroatoms. The summed E-state index contributed by atoms with van der Waals surface area (Å²) < 4.78 is 11.0. The SMILES string of the molecule is COc1nccc(NC(CCN(CCCCc2ccc3c(n2)NCCC3)CCOc2cccnc2C)C(=O)O)n1. The highest BCUT2D eigenvalue weighted by molar-refractivity contribution is 5.76. The molecule has 40 heavy (non-hydrogen) atoms. The zero-order chi connectivity index (χ0) is 28.2. The lowest BCUT2D eigenvalue weighted by molar-refractivity contribution is -0.138. The van der Waals surface area contributed by atoms with Gasteiger partial charge in [-0.3, -0.25) is 9.88 Å². The maximum Gasteiger partial charge on any atom is 0.326 e. The first-order valence-corrected chi connectivity index (χ1v) is 13.9. The fourth-order valence-electron chi connectivity index (χ4n) is 4.66. The molecule has 3 N–H and O–H groups in total. The normalized spacial score (nSPS) is 13.3. The van der Waals surface area contributed by atoms with Crippen LogP contribution in [-0.2, 0) is 17.6 Å². The second kappa shape index (κ2) is 15.0. The number of fused-ring (bicyclic) bond motifs is 1. The number of hydrogen-bond donors (Lipinski definition) is 3. The molecule has 0 spiro atoms. The molecule has 0 aromatic carbocycles. The van der Waals surface area contributed by atoms with Gasteiger partial charge in [0, 0.05) is 37.7 Å². The molecular formula is C29H39N7O4. The fourth-order valence-corrected chi connectivity index (χ4v) is 4.66. The minimum atomic E-state index is -0.938. The van der Waals surface area contributed by atoms with Crippen molar-refractivity contribution in [2.45, 2.75) is 51.5 Å². The van der Waals surface area contributed by atoms with Crippen LogP contribution in [0, 0.1) is 6.92 Å². The smallest absolute Gasteiger partial charge is 0.326 e. The van der Waals surface area contributed by atoms with E-state index in [2.05, 4.69) is 42.6 Å². The third-order valence-electron chi connectivity index (χ3n) is 6.90. The van der Waals surface area contributed by atoms with Gasteiger partial charge in [0.15, 0.2) is 0 Å². The molecule has 11 nitrogen and oxygen atoms in total. The molecule has 0 radical (unpaired) electrons. The Morgan fingerprint density at radius 2 is 2.02 bits per heavy atom. The average Bonchev–Trinajstić information content (AvgIpc) is 2.97. The van der Waals surface area contributed by atoms with Crippen LogP contribution in [0.4, 0.5) is 11.6 Å². The van der Waals surface area contributed by atoms with Gasteiger partial charge in [-0.1, -0.05) is 6.07 Å². The van der Waals surface area contributed by atoms with E-state index in [4.69, 9.17) is 14.5 Å². The Kier molecular flexibility index (Phi) is 10.9. The second-order valence-electron chi connectivity index (χ2n) is 9.83. The molecule has 0 fully saturated rings. The lowest BCUT2D eigenvalue weighted by Gasteiger charge is -2.25. The Balaban J connectivity index is 1.31. The number of anilines is 2. The summed E-state index contributed by atoms with van der Waals surface area (Å²) in [6, 6.07) is 9.10. The quantitative estimate of drug-likeness (QED) is 0.226. The number of hydrogen-bond acceptors (Lipinski definition) is 10. The van der Waals surface area contributed by atoms with Crippen LogP contribution in [0.2, 0.25) is 0 Å². The number of rotatable bonds is 16. The number of carboxylic acids is 1. The third kappa shape index (κ3) is 8.77. The van der Waals surface area contributed by atoms with Crippen LogP contribution < -0.4 is 20.1 Å². The van der Waals surface area contributed by atoms with E-state index in [0.717, 1.165) is 68.1 Å². The van der Waals surface area contributed by atoms with Crippen LogP contribution in [-0.4, -0.2) is 81.8 Å². The topological polar surface area (TPSA) is 135 Å². The lowest BCUT2D eigenvalue weighted by atomic mass is 10.1. The summed E-state index contributed by atoms with van der Waals surface area (Å²) in [5.41, 5.74) is 3.24. The van der Waals surface area contributed by atoms with Gasteiger partial charge in [-0.05, 0) is 81.8 Å². The van der Waals surface area contributed by atoms with Crippen molar-refractivity contribution in [3.05, 3.63) is 59.7 Å². The Labute approximate surface area is 235 Å². The highest BCUT2D eigenvalue weighted by atomic mass is 16.5. The zero-order valence-corrected chi connectivity index (χ0v) is 23.3. The number of pyridine rings is 2. The minimum Gasteiger partial charge on any atom is -0.490 e. The number of ether oxygens (including phenoxy) is 2. The molecule has 0 saturated carbocycles. The summed E-state index contributed by atoms with van der Waals surface area (Å²) in [6.07, 6.45) is 8.77. The molecule has 3 aromatic heterocycles. The highest BCUT2D eigenvalue weighted by Crippen LogP contribution is 2.20. The van der Waals surface area contributed by atoms with Crippen LogP contribution >= 0.6 is 0 Å². The van der Waals surface area contributed by atoms with Gasteiger partial charge in [0.2, 0.25) is 0 Å². The van der Waals surface area contributed by atoms with Crippen LogP contribution in [0.5, 0.6) is 11.8 Å². The van der Waals surface area contributed by atoms with E-state index in [1.54, 1.807) is 12.3 Å². The molecule has 1 aliphatic rings. The van der Waals surface area contributed by atoms with E-state index in [9.17, 15) is 9.90 Å². The van der Waals surface area contributed by atoms with Crippen LogP contribution in [0.25, 0.3) is 0 Å². The van der Waals surface area contributed by atoms with Crippen molar-refractivity contribution in [2.24, 2.45) is 0 Å². The number of carbonyl (C=O) groups is 1. The standard InChI is InChI=1S/C29H39N7O4/c1-21-25(9-6-14-30-21)40-20-19-36(17-4-3-8-23-11-10-22-7-5-15-31-27(22)33-23)18-13-24(28(37)38)34-26-12-16-32-29(35-26)39-2/h6,9-12,14,16,24H,3-5,7-8,13,15,17-20H2,1-2H3,(H,31,33)(H,37,38)(H,32,34,35). The summed E-state index contributed by atoms with van der Waals surface area (Å²) in [6.45, 7) is 5.47. The molecule has 1 unspecified atom stereocenters. The highest BCUT2D eigenvalue weighted by Gasteiger charge is 2.20. The molecular weight excluding hydrogens is 510 g/mol. The Bertz CT molecular complexity index is 1240. The maximum absolute atomic E-state index is 12.0. The number of carboxylic acid groups (broad SMARTS) is 1. The number of unbranched alkanes of at least 4 members (excludes halogenated alkanes) is 1. The van der Waals surface area contributed by atoms with Gasteiger partial charge in [0.1, 0.15) is 30.0 Å². The van der Waals surface area contributed by atoms with Gasteiger partial charge < -0.3 is 25.2 Å². The summed E-state index contributed by atoms with van der Waals surface area (Å²) in [4.78, 5) is 31.5. The number of aliphatic carboxylic acids is 1. The minimum absolute atomic E-state index is 0.183. The molecule has 0 aliphatic carbocycles. The first-order chi connectivity index (χ1) is 19.5. The lowest BCUT2D eigenvalue weighted by Crippen LogP contribution is -2.37. The fraction of sp³-hybridized carbons (Fsp3) is 0.483. The molecule has 214 valence electrons. The van der Waals surface area contributed by atoms with Crippen molar-refractivity contribution < 1.29 is 19.4 Å². The average molecular weight is 550 g/mol. The largest absolute Gasteiger partial charge is 0.490 e. The monoisotopic (exact) mass is 549 g/mol. The zero-order valence-electron chi connectivity index (χ0n) is 23.3. The molecule has 4 rings (SSSR count). The summed E-state index contributed by atoms with van der Waals surface area (Å²) in [5.74, 6) is 1.26. The molecule has 4 heterocycles. The summed E-state index contributed by atoms with van der Waals surface area (Å²) in [5, 5.41) is 16.3. The van der Waals surface area contributed by atoms with Gasteiger partial charge in [0.05, 0.1) is 12.8 Å². The van der Waals surface area contributed by atoms with Gasteiger partial charge in [-0.25, -0.2) is 14.8 Å². The number of nitrogens with zero attached hydrogens (tertiary/aromatic N) is 5. The van der Waals surface area contributed by atoms with E-state index < -0.39 is 12.0 Å².